The number of imide groups is 1. The molecule has 1 aromatic heterocycles. The van der Waals surface area contributed by atoms with Gasteiger partial charge in [0, 0.05) is 24.5 Å². The number of carbonyl (C=O) groups is 2. The molecule has 1 aromatic carbocycles. The van der Waals surface area contributed by atoms with Crippen LogP contribution in [0.3, 0.4) is 0 Å². The van der Waals surface area contributed by atoms with Gasteiger partial charge in [-0.15, -0.1) is 0 Å². The number of rotatable bonds is 4. The number of benzene rings is 1. The molecule has 0 saturated carbocycles. The maximum absolute atomic E-state index is 12.4. The van der Waals surface area contributed by atoms with Crippen LogP contribution < -0.4 is 0 Å². The summed E-state index contributed by atoms with van der Waals surface area (Å²) in [6, 6.07) is 9.25. The van der Waals surface area contributed by atoms with Gasteiger partial charge in [-0.3, -0.25) is 29.6 Å². The molecule has 0 radical (unpaired) electrons. The smallest absolute Gasteiger partial charge is 0.268 e. The molecule has 1 aliphatic heterocycles. The number of hydrogen-bond donors (Lipinski definition) is 0. The van der Waals surface area contributed by atoms with Crippen LogP contribution in [0.1, 0.15) is 11.1 Å². The highest BCUT2D eigenvalue weighted by Gasteiger charge is 2.34. The highest BCUT2D eigenvalue weighted by Crippen LogP contribution is 2.33. The van der Waals surface area contributed by atoms with Crippen molar-refractivity contribution in [3.63, 3.8) is 0 Å². The SMILES string of the molecule is O=C1S/C(=C\c2ccncc2)C(=O)N1Cc1ccc([N+](=O)[O-])cc1. The van der Waals surface area contributed by atoms with E-state index in [0.717, 1.165) is 22.2 Å². The quantitative estimate of drug-likeness (QED) is 0.481. The zero-order chi connectivity index (χ0) is 17.1. The van der Waals surface area contributed by atoms with Crippen molar-refractivity contribution >= 4 is 34.7 Å². The third-order valence-corrected chi connectivity index (χ3v) is 4.27. The van der Waals surface area contributed by atoms with Crippen LogP contribution in [0, 0.1) is 10.1 Å². The average molecular weight is 341 g/mol. The van der Waals surface area contributed by atoms with Crippen molar-refractivity contribution in [2.24, 2.45) is 0 Å². The lowest BCUT2D eigenvalue weighted by atomic mass is 10.2. The molecule has 1 aliphatic rings. The number of nitrogens with zero attached hydrogens (tertiary/aromatic N) is 3. The van der Waals surface area contributed by atoms with E-state index in [9.17, 15) is 19.7 Å². The number of thioether (sulfide) groups is 1. The van der Waals surface area contributed by atoms with E-state index in [0.29, 0.717) is 10.5 Å². The van der Waals surface area contributed by atoms with Gasteiger partial charge in [0.15, 0.2) is 0 Å². The second-order valence-corrected chi connectivity index (χ2v) is 5.97. The highest BCUT2D eigenvalue weighted by molar-refractivity contribution is 8.18. The van der Waals surface area contributed by atoms with E-state index in [4.69, 9.17) is 0 Å². The fraction of sp³-hybridized carbons (Fsp3) is 0.0625. The summed E-state index contributed by atoms with van der Waals surface area (Å²) in [6.07, 6.45) is 4.85. The molecule has 120 valence electrons. The summed E-state index contributed by atoms with van der Waals surface area (Å²) >= 11 is 0.874. The van der Waals surface area contributed by atoms with Gasteiger partial charge in [0.1, 0.15) is 0 Å². The molecule has 1 saturated heterocycles. The second-order valence-electron chi connectivity index (χ2n) is 4.97. The molecule has 1 fully saturated rings. The van der Waals surface area contributed by atoms with Gasteiger partial charge in [-0.05, 0) is 41.1 Å². The third-order valence-electron chi connectivity index (χ3n) is 3.37. The maximum Gasteiger partial charge on any atom is 0.293 e. The number of aromatic nitrogens is 1. The van der Waals surface area contributed by atoms with Crippen LogP contribution in [0.4, 0.5) is 10.5 Å². The van der Waals surface area contributed by atoms with Gasteiger partial charge < -0.3 is 0 Å². The Bertz CT molecular complexity index is 834. The Balaban J connectivity index is 1.77. The van der Waals surface area contributed by atoms with Gasteiger partial charge in [-0.2, -0.15) is 0 Å². The van der Waals surface area contributed by atoms with E-state index in [2.05, 4.69) is 4.98 Å². The monoisotopic (exact) mass is 341 g/mol. The Labute approximate surface area is 141 Å². The first-order valence-electron chi connectivity index (χ1n) is 6.93. The summed E-state index contributed by atoms with van der Waals surface area (Å²) in [5.74, 6) is -0.375. The number of pyridine rings is 1. The first kappa shape index (κ1) is 15.9. The topological polar surface area (TPSA) is 93.4 Å². The predicted octanol–water partition coefficient (Wildman–Crippen LogP) is 3.23. The lowest BCUT2D eigenvalue weighted by Crippen LogP contribution is -2.27. The first-order chi connectivity index (χ1) is 11.5. The molecular weight excluding hydrogens is 330 g/mol. The van der Waals surface area contributed by atoms with Gasteiger partial charge in [-0.1, -0.05) is 12.1 Å². The lowest BCUT2D eigenvalue weighted by Gasteiger charge is -2.12. The number of amides is 2. The number of nitro groups is 1. The molecule has 0 spiro atoms. The van der Waals surface area contributed by atoms with Crippen LogP contribution in [-0.2, 0) is 11.3 Å². The average Bonchev–Trinajstić information content (AvgIpc) is 2.84. The van der Waals surface area contributed by atoms with Crippen LogP contribution in [0.25, 0.3) is 6.08 Å². The van der Waals surface area contributed by atoms with Crippen molar-refractivity contribution in [2.75, 3.05) is 0 Å². The van der Waals surface area contributed by atoms with Crippen molar-refractivity contribution in [3.05, 3.63) is 74.9 Å². The normalized spacial score (nSPS) is 16.0. The fourth-order valence-electron chi connectivity index (χ4n) is 2.15. The zero-order valence-electron chi connectivity index (χ0n) is 12.3. The van der Waals surface area contributed by atoms with E-state index in [-0.39, 0.29) is 23.4 Å². The van der Waals surface area contributed by atoms with Gasteiger partial charge >= 0.3 is 0 Å². The maximum atomic E-state index is 12.4. The third kappa shape index (κ3) is 3.33. The van der Waals surface area contributed by atoms with Gasteiger partial charge in [0.2, 0.25) is 0 Å². The standard InChI is InChI=1S/C16H11N3O4S/c20-15-14(9-11-5-7-17-8-6-11)24-16(21)18(15)10-12-1-3-13(4-2-12)19(22)23/h1-9H,10H2/b14-9-. The van der Waals surface area contributed by atoms with Gasteiger partial charge in [-0.25, -0.2) is 0 Å². The Morgan fingerprint density at radius 2 is 1.79 bits per heavy atom. The minimum absolute atomic E-state index is 0.0366. The second kappa shape index (κ2) is 6.63. The molecular formula is C16H11N3O4S. The minimum atomic E-state index is -0.499. The molecule has 0 N–H and O–H groups in total. The van der Waals surface area contributed by atoms with E-state index in [1.807, 2.05) is 0 Å². The van der Waals surface area contributed by atoms with E-state index in [1.54, 1.807) is 30.6 Å². The van der Waals surface area contributed by atoms with Crippen molar-refractivity contribution in [1.29, 1.82) is 0 Å². The van der Waals surface area contributed by atoms with E-state index < -0.39 is 4.92 Å². The summed E-state index contributed by atoms with van der Waals surface area (Å²) in [5.41, 5.74) is 1.39. The fourth-order valence-corrected chi connectivity index (χ4v) is 2.99. The lowest BCUT2D eigenvalue weighted by molar-refractivity contribution is -0.384. The molecule has 0 aliphatic carbocycles. The Kier molecular flexibility index (Phi) is 4.39. The predicted molar refractivity (Wildman–Crippen MR) is 88.8 cm³/mol. The molecule has 24 heavy (non-hydrogen) atoms. The molecule has 0 bridgehead atoms. The zero-order valence-corrected chi connectivity index (χ0v) is 13.1. The molecule has 3 rings (SSSR count). The number of non-ortho nitro benzene ring substituents is 1. The van der Waals surface area contributed by atoms with Gasteiger partial charge in [0.05, 0.1) is 16.4 Å². The van der Waals surface area contributed by atoms with Crippen LogP contribution in [0.5, 0.6) is 0 Å². The number of carbonyl (C=O) groups excluding carboxylic acids is 2. The highest BCUT2D eigenvalue weighted by atomic mass is 32.2. The van der Waals surface area contributed by atoms with Crippen LogP contribution in [0.2, 0.25) is 0 Å². The summed E-state index contributed by atoms with van der Waals surface area (Å²) in [5, 5.41) is 10.3. The molecule has 0 atom stereocenters. The molecule has 2 aromatic rings. The van der Waals surface area contributed by atoms with Crippen molar-refractivity contribution in [1.82, 2.24) is 9.88 Å². The number of hydrogen-bond acceptors (Lipinski definition) is 6. The largest absolute Gasteiger partial charge is 0.293 e. The van der Waals surface area contributed by atoms with Crippen LogP contribution >= 0.6 is 11.8 Å². The van der Waals surface area contributed by atoms with Crippen molar-refractivity contribution in [3.8, 4) is 0 Å². The molecule has 2 amide bonds. The van der Waals surface area contributed by atoms with Crippen molar-refractivity contribution in [2.45, 2.75) is 6.54 Å². The van der Waals surface area contributed by atoms with Gasteiger partial charge in [0.25, 0.3) is 16.8 Å². The summed E-state index contributed by atoms with van der Waals surface area (Å²) in [4.78, 5) is 40.0. The van der Waals surface area contributed by atoms with Crippen LogP contribution in [-0.4, -0.2) is 26.0 Å². The minimum Gasteiger partial charge on any atom is -0.268 e. The number of nitro benzene ring substituents is 1. The Morgan fingerprint density at radius 1 is 1.12 bits per heavy atom. The van der Waals surface area contributed by atoms with E-state index in [1.165, 1.54) is 24.3 Å². The molecule has 0 unspecified atom stereocenters. The molecule has 8 heteroatoms. The summed E-state index contributed by atoms with van der Waals surface area (Å²) < 4.78 is 0. The van der Waals surface area contributed by atoms with Crippen molar-refractivity contribution < 1.29 is 14.5 Å². The first-order valence-corrected chi connectivity index (χ1v) is 7.75. The molecule has 7 nitrogen and oxygen atoms in total. The van der Waals surface area contributed by atoms with E-state index >= 15 is 0 Å². The Morgan fingerprint density at radius 3 is 2.42 bits per heavy atom. The summed E-state index contributed by atoms with van der Waals surface area (Å²) in [6.45, 7) is 0.0797. The summed E-state index contributed by atoms with van der Waals surface area (Å²) in [7, 11) is 0. The van der Waals surface area contributed by atoms with Crippen LogP contribution in [0.15, 0.2) is 53.7 Å². The molecule has 2 heterocycles. The Hall–Kier alpha value is -3.00.